The summed E-state index contributed by atoms with van der Waals surface area (Å²) in [6.07, 6.45) is 4.08. The van der Waals surface area contributed by atoms with Crippen LogP contribution in [0.3, 0.4) is 0 Å². The first-order valence-corrected chi connectivity index (χ1v) is 10.7. The molecule has 1 N–H and O–H groups in total. The Balaban J connectivity index is 1.43. The molecule has 1 atom stereocenters. The fraction of sp³-hybridized carbons (Fsp3) is 0.308. The van der Waals surface area contributed by atoms with Crippen molar-refractivity contribution in [2.45, 2.75) is 52.5 Å². The summed E-state index contributed by atoms with van der Waals surface area (Å²) in [6.45, 7) is 5.90. The van der Waals surface area contributed by atoms with Gasteiger partial charge in [0.25, 0.3) is 0 Å². The van der Waals surface area contributed by atoms with Crippen molar-refractivity contribution in [1.82, 2.24) is 5.32 Å². The van der Waals surface area contributed by atoms with Gasteiger partial charge in [-0.25, -0.2) is 4.79 Å². The van der Waals surface area contributed by atoms with Crippen LogP contribution in [0.2, 0.25) is 0 Å². The van der Waals surface area contributed by atoms with Crippen molar-refractivity contribution in [2.75, 3.05) is 0 Å². The quantitative estimate of drug-likeness (QED) is 0.418. The van der Waals surface area contributed by atoms with Crippen LogP contribution in [0, 0.1) is 13.8 Å². The van der Waals surface area contributed by atoms with Crippen LogP contribution in [0.5, 0.6) is 0 Å². The van der Waals surface area contributed by atoms with Gasteiger partial charge < -0.3 is 14.2 Å². The number of furan rings is 1. The lowest BCUT2D eigenvalue weighted by Crippen LogP contribution is -2.33. The molecule has 5 nitrogen and oxygen atoms in total. The van der Waals surface area contributed by atoms with Crippen molar-refractivity contribution in [2.24, 2.45) is 0 Å². The highest BCUT2D eigenvalue weighted by Gasteiger charge is 2.16. The molecule has 0 unspecified atom stereocenters. The van der Waals surface area contributed by atoms with Crippen LogP contribution in [-0.4, -0.2) is 11.9 Å². The molecule has 4 rings (SSSR count). The zero-order valence-corrected chi connectivity index (χ0v) is 18.2. The highest BCUT2D eigenvalue weighted by molar-refractivity contribution is 5.96. The number of hydrogen-bond acceptors (Lipinski definition) is 4. The minimum Gasteiger partial charge on any atom is -0.464 e. The van der Waals surface area contributed by atoms with Crippen molar-refractivity contribution in [1.29, 1.82) is 0 Å². The molecule has 4 aromatic rings. The number of benzene rings is 2. The Morgan fingerprint density at radius 2 is 1.81 bits per heavy atom. The summed E-state index contributed by atoms with van der Waals surface area (Å²) in [5.74, 6) is -0.0550. The Morgan fingerprint density at radius 1 is 1.03 bits per heavy atom. The zero-order chi connectivity index (χ0) is 22.0. The van der Waals surface area contributed by atoms with Gasteiger partial charge in [0.15, 0.2) is 0 Å². The van der Waals surface area contributed by atoms with Crippen LogP contribution in [0.15, 0.2) is 62.4 Å². The smallest absolute Gasteiger partial charge is 0.339 e. The van der Waals surface area contributed by atoms with Gasteiger partial charge >= 0.3 is 5.63 Å². The van der Waals surface area contributed by atoms with Gasteiger partial charge in [-0.2, -0.15) is 0 Å². The van der Waals surface area contributed by atoms with Gasteiger partial charge in [0, 0.05) is 34.9 Å². The summed E-state index contributed by atoms with van der Waals surface area (Å²) < 4.78 is 11.1. The number of carbonyl (C=O) groups is 1. The third kappa shape index (κ3) is 4.55. The van der Waals surface area contributed by atoms with Crippen LogP contribution >= 0.6 is 0 Å². The Morgan fingerprint density at radius 3 is 2.58 bits per heavy atom. The van der Waals surface area contributed by atoms with E-state index in [0.29, 0.717) is 23.2 Å². The third-order valence-corrected chi connectivity index (χ3v) is 5.89. The van der Waals surface area contributed by atoms with E-state index in [9.17, 15) is 9.59 Å². The second kappa shape index (κ2) is 8.80. The fourth-order valence-corrected chi connectivity index (χ4v) is 4.01. The van der Waals surface area contributed by atoms with E-state index in [-0.39, 0.29) is 18.4 Å². The summed E-state index contributed by atoms with van der Waals surface area (Å²) in [6, 6.07) is 14.1. The van der Waals surface area contributed by atoms with E-state index in [2.05, 4.69) is 17.4 Å². The van der Waals surface area contributed by atoms with E-state index in [4.69, 9.17) is 8.83 Å². The van der Waals surface area contributed by atoms with Crippen LogP contribution < -0.4 is 10.9 Å². The molecule has 0 saturated carbocycles. The van der Waals surface area contributed by atoms with Crippen molar-refractivity contribution in [3.63, 3.8) is 0 Å². The van der Waals surface area contributed by atoms with E-state index in [0.717, 1.165) is 34.7 Å². The molecule has 0 radical (unpaired) electrons. The maximum atomic E-state index is 12.6. The minimum absolute atomic E-state index is 0.0550. The molecule has 0 spiro atoms. The van der Waals surface area contributed by atoms with E-state index in [1.165, 1.54) is 5.56 Å². The van der Waals surface area contributed by atoms with Gasteiger partial charge in [-0.05, 0) is 62.8 Å². The SMILES string of the molecule is Cc1coc2cc3oc(=O)c(CCC(=O)N[C@@H](C)CCc4ccccc4)c(C)c3cc12. The van der Waals surface area contributed by atoms with E-state index in [1.807, 2.05) is 45.0 Å². The maximum Gasteiger partial charge on any atom is 0.339 e. The molecular formula is C26H27NO4. The average Bonchev–Trinajstić information content (AvgIpc) is 3.11. The number of amides is 1. The number of hydrogen-bond donors (Lipinski definition) is 1. The summed E-state index contributed by atoms with van der Waals surface area (Å²) in [5, 5.41) is 4.92. The largest absolute Gasteiger partial charge is 0.464 e. The lowest BCUT2D eigenvalue weighted by Gasteiger charge is -2.14. The molecule has 0 fully saturated rings. The van der Waals surface area contributed by atoms with Crippen molar-refractivity contribution < 1.29 is 13.6 Å². The highest BCUT2D eigenvalue weighted by Crippen LogP contribution is 2.29. The molecule has 2 heterocycles. The molecule has 0 saturated heterocycles. The van der Waals surface area contributed by atoms with Gasteiger partial charge in [-0.1, -0.05) is 30.3 Å². The van der Waals surface area contributed by atoms with Gasteiger partial charge in [-0.3, -0.25) is 4.79 Å². The molecule has 0 aliphatic rings. The lowest BCUT2D eigenvalue weighted by atomic mass is 10.0. The monoisotopic (exact) mass is 417 g/mol. The van der Waals surface area contributed by atoms with Gasteiger partial charge in [0.1, 0.15) is 11.2 Å². The molecule has 31 heavy (non-hydrogen) atoms. The predicted molar refractivity (Wildman–Crippen MR) is 122 cm³/mol. The number of carbonyl (C=O) groups excluding carboxylic acids is 1. The Labute approximate surface area is 181 Å². The molecule has 0 bridgehead atoms. The Bertz CT molecular complexity index is 1280. The number of rotatable bonds is 7. The van der Waals surface area contributed by atoms with Crippen LogP contribution in [0.25, 0.3) is 21.9 Å². The molecule has 2 aromatic carbocycles. The van der Waals surface area contributed by atoms with E-state index < -0.39 is 5.63 Å². The first-order valence-electron chi connectivity index (χ1n) is 10.7. The lowest BCUT2D eigenvalue weighted by molar-refractivity contribution is -0.121. The van der Waals surface area contributed by atoms with Crippen molar-refractivity contribution in [3.8, 4) is 0 Å². The predicted octanol–water partition coefficient (Wildman–Crippen LogP) is 5.23. The van der Waals surface area contributed by atoms with E-state index >= 15 is 0 Å². The number of aryl methyl sites for hydroxylation is 3. The molecule has 1 amide bonds. The summed E-state index contributed by atoms with van der Waals surface area (Å²) >= 11 is 0. The second-order valence-corrected chi connectivity index (χ2v) is 8.25. The normalized spacial score (nSPS) is 12.4. The molecule has 2 aromatic heterocycles. The van der Waals surface area contributed by atoms with Crippen LogP contribution in [0.1, 0.15) is 42.0 Å². The molecule has 160 valence electrons. The zero-order valence-electron chi connectivity index (χ0n) is 18.2. The second-order valence-electron chi connectivity index (χ2n) is 8.25. The number of nitrogens with one attached hydrogen (secondary N) is 1. The minimum atomic E-state index is -0.391. The topological polar surface area (TPSA) is 72.5 Å². The summed E-state index contributed by atoms with van der Waals surface area (Å²) in [5.41, 5.74) is 4.52. The Hall–Kier alpha value is -3.34. The molecular weight excluding hydrogens is 390 g/mol. The first kappa shape index (κ1) is 20.9. The molecule has 5 heteroatoms. The van der Waals surface area contributed by atoms with Crippen molar-refractivity contribution >= 4 is 27.8 Å². The van der Waals surface area contributed by atoms with Gasteiger partial charge in [-0.15, -0.1) is 0 Å². The third-order valence-electron chi connectivity index (χ3n) is 5.89. The highest BCUT2D eigenvalue weighted by atomic mass is 16.4. The van der Waals surface area contributed by atoms with Gasteiger partial charge in [0.05, 0.1) is 6.26 Å². The summed E-state index contributed by atoms with van der Waals surface area (Å²) in [7, 11) is 0. The first-order chi connectivity index (χ1) is 14.9. The standard InChI is InChI=1S/C26H27NO4/c1-16-15-30-23-14-24-22(13-21(16)23)18(3)20(26(29)31-24)11-12-25(28)27-17(2)9-10-19-7-5-4-6-8-19/h4-8,13-15,17H,9-12H2,1-3H3,(H,27,28)/t17-/m0/s1. The maximum absolute atomic E-state index is 12.6. The molecule has 0 aliphatic heterocycles. The summed E-state index contributed by atoms with van der Waals surface area (Å²) in [4.78, 5) is 25.0. The fourth-order valence-electron chi connectivity index (χ4n) is 4.01. The van der Waals surface area contributed by atoms with Gasteiger partial charge in [0.2, 0.25) is 5.91 Å². The Kier molecular flexibility index (Phi) is 5.94. The van der Waals surface area contributed by atoms with Crippen LogP contribution in [0.4, 0.5) is 0 Å². The van der Waals surface area contributed by atoms with Crippen LogP contribution in [-0.2, 0) is 17.6 Å². The number of fused-ring (bicyclic) bond motifs is 2. The van der Waals surface area contributed by atoms with Crippen molar-refractivity contribution in [3.05, 3.63) is 81.4 Å². The van der Waals surface area contributed by atoms with E-state index in [1.54, 1.807) is 12.3 Å². The molecule has 0 aliphatic carbocycles. The average molecular weight is 418 g/mol.